The summed E-state index contributed by atoms with van der Waals surface area (Å²) in [5, 5.41) is 18.8. The SMILES string of the molecule is Cc1cc2c(cc1[Se]C#Cc1ccc(C(=O)O)c(O)c1)C(C)(C)CCC2(C)C. The molecule has 2 N–H and O–H groups in total. The Morgan fingerprint density at radius 1 is 1.04 bits per heavy atom. The van der Waals surface area contributed by atoms with Crippen LogP contribution in [0.3, 0.4) is 0 Å². The van der Waals surface area contributed by atoms with Crippen molar-refractivity contribution < 1.29 is 15.0 Å². The molecule has 0 amide bonds. The zero-order chi connectivity index (χ0) is 20.7. The predicted molar refractivity (Wildman–Crippen MR) is 114 cm³/mol. The fourth-order valence-electron chi connectivity index (χ4n) is 3.74. The van der Waals surface area contributed by atoms with Crippen molar-refractivity contribution in [2.75, 3.05) is 0 Å². The van der Waals surface area contributed by atoms with Gasteiger partial charge in [-0.25, -0.2) is 0 Å². The number of aromatic hydroxyl groups is 1. The van der Waals surface area contributed by atoms with Crippen molar-refractivity contribution in [1.29, 1.82) is 0 Å². The molecule has 0 aromatic heterocycles. The van der Waals surface area contributed by atoms with Gasteiger partial charge in [-0.2, -0.15) is 0 Å². The van der Waals surface area contributed by atoms with Gasteiger partial charge in [0.05, 0.1) is 0 Å². The van der Waals surface area contributed by atoms with Gasteiger partial charge in [-0.05, 0) is 0 Å². The molecule has 1 aliphatic carbocycles. The molecule has 2 aromatic carbocycles. The molecule has 0 saturated heterocycles. The Morgan fingerprint density at radius 3 is 2.21 bits per heavy atom. The third-order valence-electron chi connectivity index (χ3n) is 5.73. The van der Waals surface area contributed by atoms with Crippen molar-refractivity contribution >= 4 is 25.4 Å². The van der Waals surface area contributed by atoms with E-state index >= 15 is 0 Å². The van der Waals surface area contributed by atoms with Gasteiger partial charge >= 0.3 is 173 Å². The fourth-order valence-corrected chi connectivity index (χ4v) is 5.16. The summed E-state index contributed by atoms with van der Waals surface area (Å²) in [4.78, 5) is 14.2. The first-order valence-corrected chi connectivity index (χ1v) is 11.1. The number of fused-ring (bicyclic) bond motifs is 1. The Labute approximate surface area is 173 Å². The molecule has 0 bridgehead atoms. The summed E-state index contributed by atoms with van der Waals surface area (Å²) >= 11 is -0.0160. The van der Waals surface area contributed by atoms with Crippen molar-refractivity contribution in [3.63, 3.8) is 0 Å². The molecular formula is C24H26O3Se. The van der Waals surface area contributed by atoms with Crippen molar-refractivity contribution in [1.82, 2.24) is 0 Å². The van der Waals surface area contributed by atoms with Gasteiger partial charge in [-0.1, -0.05) is 0 Å². The minimum absolute atomic E-state index is 0.0160. The maximum atomic E-state index is 11.0. The van der Waals surface area contributed by atoms with Crippen LogP contribution in [0.25, 0.3) is 0 Å². The van der Waals surface area contributed by atoms with Gasteiger partial charge in [0.25, 0.3) is 0 Å². The molecule has 28 heavy (non-hydrogen) atoms. The summed E-state index contributed by atoms with van der Waals surface area (Å²) in [6, 6.07) is 9.15. The normalized spacial score (nSPS) is 16.6. The third kappa shape index (κ3) is 3.97. The van der Waals surface area contributed by atoms with Crippen molar-refractivity contribution in [2.24, 2.45) is 0 Å². The van der Waals surface area contributed by atoms with E-state index in [9.17, 15) is 9.90 Å². The number of carboxylic acid groups (broad SMARTS) is 1. The van der Waals surface area contributed by atoms with Gasteiger partial charge in [0.1, 0.15) is 0 Å². The molecule has 0 radical (unpaired) electrons. The summed E-state index contributed by atoms with van der Waals surface area (Å²) in [5.41, 5.74) is 5.08. The van der Waals surface area contributed by atoms with Crippen LogP contribution < -0.4 is 4.46 Å². The monoisotopic (exact) mass is 442 g/mol. The Balaban J connectivity index is 1.90. The third-order valence-corrected chi connectivity index (χ3v) is 7.55. The zero-order valence-corrected chi connectivity index (χ0v) is 18.7. The summed E-state index contributed by atoms with van der Waals surface area (Å²) in [5.74, 6) is 1.68. The molecule has 0 atom stereocenters. The molecule has 0 heterocycles. The number of carbonyl (C=O) groups is 1. The van der Waals surface area contributed by atoms with E-state index in [0.29, 0.717) is 5.56 Å². The Morgan fingerprint density at radius 2 is 1.64 bits per heavy atom. The summed E-state index contributed by atoms with van der Waals surface area (Å²) < 4.78 is 1.29. The number of carboxylic acids is 1. The number of hydrogen-bond donors (Lipinski definition) is 2. The van der Waals surface area contributed by atoms with E-state index in [1.54, 1.807) is 6.07 Å². The molecule has 0 unspecified atom stereocenters. The second kappa shape index (κ2) is 7.32. The van der Waals surface area contributed by atoms with Crippen LogP contribution in [0.5, 0.6) is 5.75 Å². The summed E-state index contributed by atoms with van der Waals surface area (Å²) in [6.07, 6.45) is 2.38. The van der Waals surface area contributed by atoms with Crippen molar-refractivity contribution in [3.8, 4) is 16.5 Å². The summed E-state index contributed by atoms with van der Waals surface area (Å²) in [6.45, 7) is 11.5. The van der Waals surface area contributed by atoms with Crippen LogP contribution in [0, 0.1) is 17.7 Å². The van der Waals surface area contributed by atoms with E-state index in [4.69, 9.17) is 5.11 Å². The maximum absolute atomic E-state index is 11.0. The van der Waals surface area contributed by atoms with E-state index in [-0.39, 0.29) is 37.1 Å². The first-order valence-electron chi connectivity index (χ1n) is 9.41. The average molecular weight is 441 g/mol. The van der Waals surface area contributed by atoms with Gasteiger partial charge in [0.15, 0.2) is 0 Å². The summed E-state index contributed by atoms with van der Waals surface area (Å²) in [7, 11) is 0. The molecule has 0 saturated carbocycles. The molecule has 1 aliphatic rings. The Kier molecular flexibility index (Phi) is 5.36. The van der Waals surface area contributed by atoms with E-state index in [2.05, 4.69) is 57.5 Å². The molecule has 146 valence electrons. The predicted octanol–water partition coefficient (Wildman–Crippen LogP) is 4.09. The van der Waals surface area contributed by atoms with Crippen LogP contribution in [-0.2, 0) is 10.8 Å². The Bertz CT molecular complexity index is 1010. The quantitative estimate of drug-likeness (QED) is 0.545. The van der Waals surface area contributed by atoms with Crippen LogP contribution >= 0.6 is 0 Å². The molecule has 3 nitrogen and oxygen atoms in total. The molecule has 0 spiro atoms. The molecule has 2 aromatic rings. The minimum atomic E-state index is -1.14. The van der Waals surface area contributed by atoms with Crippen LogP contribution in [-0.4, -0.2) is 31.1 Å². The van der Waals surface area contributed by atoms with Gasteiger partial charge < -0.3 is 0 Å². The van der Waals surface area contributed by atoms with Gasteiger partial charge in [0.2, 0.25) is 0 Å². The van der Waals surface area contributed by atoms with Crippen LogP contribution in [0.4, 0.5) is 0 Å². The standard InChI is InChI=1S/C24H26O3Se/c1-15-12-18-19(24(4,5)10-9-23(18,2)3)14-21(15)28-11-8-16-6-7-17(22(26)27)20(25)13-16/h6-7,12-14,25H,9-10H2,1-5H3,(H,26,27). The number of phenols is 1. The molecule has 4 heteroatoms. The van der Waals surface area contributed by atoms with Crippen LogP contribution in [0.15, 0.2) is 30.3 Å². The van der Waals surface area contributed by atoms with Crippen molar-refractivity contribution in [2.45, 2.75) is 58.3 Å². The van der Waals surface area contributed by atoms with Crippen LogP contribution in [0.2, 0.25) is 0 Å². The number of aryl methyl sites for hydroxylation is 1. The topological polar surface area (TPSA) is 57.5 Å². The second-order valence-electron chi connectivity index (χ2n) is 8.80. The van der Waals surface area contributed by atoms with Gasteiger partial charge in [0, 0.05) is 0 Å². The zero-order valence-electron chi connectivity index (χ0n) is 17.0. The van der Waals surface area contributed by atoms with Crippen molar-refractivity contribution in [3.05, 3.63) is 58.1 Å². The van der Waals surface area contributed by atoms with Gasteiger partial charge in [-0.15, -0.1) is 0 Å². The number of aromatic carboxylic acids is 1. The molecular weight excluding hydrogens is 415 g/mol. The molecule has 3 rings (SSSR count). The molecule has 0 aliphatic heterocycles. The van der Waals surface area contributed by atoms with E-state index in [0.717, 1.165) is 0 Å². The number of hydrogen-bond acceptors (Lipinski definition) is 2. The second-order valence-corrected chi connectivity index (χ2v) is 10.6. The average Bonchev–Trinajstić information content (AvgIpc) is 2.60. The first-order chi connectivity index (χ1) is 13.0. The van der Waals surface area contributed by atoms with E-state index in [1.165, 1.54) is 46.1 Å². The first kappa shape index (κ1) is 20.5. The van der Waals surface area contributed by atoms with E-state index in [1.807, 2.05) is 0 Å². The van der Waals surface area contributed by atoms with Crippen LogP contribution in [0.1, 0.15) is 73.1 Å². The fraction of sp³-hybridized carbons (Fsp3) is 0.375. The van der Waals surface area contributed by atoms with Gasteiger partial charge in [-0.3, -0.25) is 0 Å². The molecule has 0 fully saturated rings. The van der Waals surface area contributed by atoms with E-state index < -0.39 is 5.97 Å². The Hall–Kier alpha value is -2.21. The number of rotatable bonds is 2. The number of benzene rings is 2.